The lowest BCUT2D eigenvalue weighted by Crippen LogP contribution is -1.93. The summed E-state index contributed by atoms with van der Waals surface area (Å²) in [6, 6.07) is 24.5. The highest BCUT2D eigenvalue weighted by Crippen LogP contribution is 2.49. The largest absolute Gasteiger partial charge is 0.508 e. The zero-order valence-electron chi connectivity index (χ0n) is 21.9. The number of furan rings is 3. The van der Waals surface area contributed by atoms with Gasteiger partial charge in [-0.1, -0.05) is 18.2 Å². The Balaban J connectivity index is 1.33. The highest BCUT2D eigenvalue weighted by atomic mass is 32.1. The second kappa shape index (κ2) is 7.32. The van der Waals surface area contributed by atoms with Gasteiger partial charge in [0.1, 0.15) is 28.0 Å². The molecule has 6 heterocycles. The number of fused-ring (bicyclic) bond motifs is 14. The van der Waals surface area contributed by atoms with E-state index in [9.17, 15) is 5.11 Å². The van der Waals surface area contributed by atoms with Crippen LogP contribution in [0.4, 0.5) is 0 Å². The summed E-state index contributed by atoms with van der Waals surface area (Å²) >= 11 is 3.47. The Labute approximate surface area is 239 Å². The number of hydrogen-bond donors (Lipinski definition) is 1. The summed E-state index contributed by atoms with van der Waals surface area (Å²) in [6.45, 7) is 4.19. The topological polar surface area (TPSA) is 64.6 Å². The predicted molar refractivity (Wildman–Crippen MR) is 170 cm³/mol. The van der Waals surface area contributed by atoms with Crippen LogP contribution >= 0.6 is 22.7 Å². The third-order valence-corrected chi connectivity index (χ3v) is 10.6. The summed E-state index contributed by atoms with van der Waals surface area (Å²) in [5.74, 6) is 0.237. The molecular formula is C34H19NO4S2. The molecule has 10 aromatic rings. The van der Waals surface area contributed by atoms with Gasteiger partial charge in [-0.3, -0.25) is 0 Å². The lowest BCUT2D eigenvalue weighted by Gasteiger charge is -2.07. The molecule has 0 bridgehead atoms. The molecule has 0 unspecified atom stereocenters. The van der Waals surface area contributed by atoms with Gasteiger partial charge in [-0.15, -0.1) is 22.7 Å². The van der Waals surface area contributed by atoms with E-state index in [1.807, 2.05) is 12.1 Å². The summed E-state index contributed by atoms with van der Waals surface area (Å²) in [6.07, 6.45) is 0. The Bertz CT molecular complexity index is 2720. The number of thiophene rings is 2. The van der Waals surface area contributed by atoms with Gasteiger partial charge in [0.25, 0.3) is 0 Å². The first-order valence-corrected chi connectivity index (χ1v) is 15.0. The highest BCUT2D eigenvalue weighted by molar-refractivity contribution is 7.27. The van der Waals surface area contributed by atoms with Crippen LogP contribution in [0.15, 0.2) is 86.0 Å². The minimum absolute atomic E-state index is 0.237. The van der Waals surface area contributed by atoms with Gasteiger partial charge in [0.2, 0.25) is 0 Å². The van der Waals surface area contributed by atoms with Gasteiger partial charge in [0.15, 0.2) is 16.7 Å². The van der Waals surface area contributed by atoms with Crippen molar-refractivity contribution in [1.82, 2.24) is 4.57 Å². The van der Waals surface area contributed by atoms with E-state index in [0.717, 1.165) is 80.5 Å². The summed E-state index contributed by atoms with van der Waals surface area (Å²) < 4.78 is 26.3. The number of benzene rings is 4. The summed E-state index contributed by atoms with van der Waals surface area (Å²) in [5, 5.41) is 14.3. The first kappa shape index (κ1) is 22.0. The van der Waals surface area contributed by atoms with Gasteiger partial charge in [-0.25, -0.2) is 0 Å². The molecule has 10 rings (SSSR count). The van der Waals surface area contributed by atoms with E-state index in [-0.39, 0.29) is 5.75 Å². The maximum absolute atomic E-state index is 10.0. The van der Waals surface area contributed by atoms with E-state index in [1.54, 1.807) is 34.8 Å². The third kappa shape index (κ3) is 2.75. The Hall–Kier alpha value is -4.72. The number of aromatic hydroxyl groups is 1. The molecule has 0 aliphatic heterocycles. The van der Waals surface area contributed by atoms with Crippen molar-refractivity contribution in [2.75, 3.05) is 0 Å². The molecule has 0 fully saturated rings. The van der Waals surface area contributed by atoms with Crippen molar-refractivity contribution in [1.29, 1.82) is 0 Å². The van der Waals surface area contributed by atoms with Crippen molar-refractivity contribution < 1.29 is 18.4 Å². The monoisotopic (exact) mass is 569 g/mol. The Morgan fingerprint density at radius 2 is 1.20 bits per heavy atom. The molecule has 0 saturated heterocycles. The average Bonchev–Trinajstić information content (AvgIpc) is 3.76. The Morgan fingerprint density at radius 3 is 2.00 bits per heavy atom. The van der Waals surface area contributed by atoms with E-state index in [4.69, 9.17) is 13.3 Å². The minimum atomic E-state index is 0.237. The number of nitrogens with zero attached hydrogens (tertiary/aromatic N) is 1. The van der Waals surface area contributed by atoms with E-state index in [2.05, 4.69) is 66.9 Å². The van der Waals surface area contributed by atoms with Crippen LogP contribution in [0.25, 0.3) is 90.6 Å². The third-order valence-electron chi connectivity index (χ3n) is 8.22. The number of aryl methyl sites for hydroxylation is 2. The van der Waals surface area contributed by atoms with Crippen LogP contribution in [0.1, 0.15) is 11.1 Å². The number of hydrogen-bond acceptors (Lipinski definition) is 6. The second-order valence-electron chi connectivity index (χ2n) is 10.9. The van der Waals surface area contributed by atoms with Crippen molar-refractivity contribution >= 4 is 108 Å². The number of aromatic nitrogens is 1. The minimum Gasteiger partial charge on any atom is -0.508 e. The molecule has 5 nitrogen and oxygen atoms in total. The first-order chi connectivity index (χ1) is 20.0. The van der Waals surface area contributed by atoms with Gasteiger partial charge in [-0.05, 0) is 79.6 Å². The van der Waals surface area contributed by atoms with Crippen molar-refractivity contribution in [2.24, 2.45) is 0 Å². The first-order valence-electron chi connectivity index (χ1n) is 13.4. The molecule has 0 atom stereocenters. The van der Waals surface area contributed by atoms with E-state index < -0.39 is 0 Å². The molecule has 0 aliphatic rings. The Kier molecular flexibility index (Phi) is 3.93. The van der Waals surface area contributed by atoms with Crippen LogP contribution in [-0.4, -0.2) is 9.67 Å². The predicted octanol–water partition coefficient (Wildman–Crippen LogP) is 10.9. The van der Waals surface area contributed by atoms with Crippen LogP contribution in [0.2, 0.25) is 0 Å². The fourth-order valence-corrected chi connectivity index (χ4v) is 8.82. The summed E-state index contributed by atoms with van der Waals surface area (Å²) in [5.41, 5.74) is 10.5. The summed E-state index contributed by atoms with van der Waals surface area (Å²) in [7, 11) is 0. The average molecular weight is 570 g/mol. The molecule has 1 N–H and O–H groups in total. The fourth-order valence-electron chi connectivity index (χ4n) is 6.35. The molecule has 0 spiro atoms. The second-order valence-corrected chi connectivity index (χ2v) is 13.0. The van der Waals surface area contributed by atoms with Crippen LogP contribution < -0.4 is 0 Å². The number of rotatable bonds is 1. The normalized spacial score (nSPS) is 12.7. The smallest absolute Gasteiger partial charge is 0.189 e. The van der Waals surface area contributed by atoms with Crippen LogP contribution in [-0.2, 0) is 0 Å². The SMILES string of the molecule is Cc1ccc2c(c1)oc1c3oc4cc5c(cc4c3sc21)oc1c2sc3cc(C)ccc3c2n(-c2ccc(O)cc2)c51. The number of phenolic OH excluding ortho intramolecular Hbond substituents is 1. The lowest BCUT2D eigenvalue weighted by molar-refractivity contribution is 0.475. The molecule has 4 aromatic carbocycles. The molecular weight excluding hydrogens is 551 g/mol. The Morgan fingerprint density at radius 1 is 0.561 bits per heavy atom. The fraction of sp³-hybridized carbons (Fsp3) is 0.0588. The molecule has 196 valence electrons. The molecule has 0 saturated carbocycles. The lowest BCUT2D eigenvalue weighted by atomic mass is 10.2. The summed E-state index contributed by atoms with van der Waals surface area (Å²) in [4.78, 5) is 0. The van der Waals surface area contributed by atoms with Crippen LogP contribution in [0, 0.1) is 13.8 Å². The zero-order valence-corrected chi connectivity index (χ0v) is 23.5. The molecule has 0 radical (unpaired) electrons. The van der Waals surface area contributed by atoms with E-state index >= 15 is 0 Å². The van der Waals surface area contributed by atoms with Crippen molar-refractivity contribution in [3.8, 4) is 11.4 Å². The van der Waals surface area contributed by atoms with Crippen molar-refractivity contribution in [3.63, 3.8) is 0 Å². The van der Waals surface area contributed by atoms with E-state index in [1.165, 1.54) is 21.2 Å². The van der Waals surface area contributed by atoms with Gasteiger partial charge >= 0.3 is 0 Å². The molecule has 7 heteroatoms. The highest BCUT2D eigenvalue weighted by Gasteiger charge is 2.26. The zero-order chi connectivity index (χ0) is 27.1. The van der Waals surface area contributed by atoms with Gasteiger partial charge in [-0.2, -0.15) is 0 Å². The quantitative estimate of drug-likeness (QED) is 0.214. The number of phenols is 1. The van der Waals surface area contributed by atoms with E-state index in [0.29, 0.717) is 0 Å². The van der Waals surface area contributed by atoms with Gasteiger partial charge in [0, 0.05) is 31.9 Å². The van der Waals surface area contributed by atoms with Crippen molar-refractivity contribution in [2.45, 2.75) is 13.8 Å². The van der Waals surface area contributed by atoms with Crippen LogP contribution in [0.3, 0.4) is 0 Å². The van der Waals surface area contributed by atoms with Crippen molar-refractivity contribution in [3.05, 3.63) is 83.9 Å². The standard InChI is InChI=1S/C34H19NO4S2/c1-15-3-9-19-23(11-15)38-30-31-33(41-32(19)30)22-14-24-21(13-25(22)39-31)27-29(37-24)34-28(20-10-4-16(2)12-26(20)40-34)35(27)17-5-7-18(36)8-6-17/h3-14,36H,1-2H3. The van der Waals surface area contributed by atoms with Gasteiger partial charge < -0.3 is 22.9 Å². The molecule has 0 aliphatic carbocycles. The maximum atomic E-state index is 10.0. The van der Waals surface area contributed by atoms with Crippen LogP contribution in [0.5, 0.6) is 5.75 Å². The molecule has 6 aromatic heterocycles. The molecule has 0 amide bonds. The van der Waals surface area contributed by atoms with Gasteiger partial charge in [0.05, 0.1) is 19.6 Å². The maximum Gasteiger partial charge on any atom is 0.189 e. The molecule has 41 heavy (non-hydrogen) atoms.